The first-order valence-corrected chi connectivity index (χ1v) is 13.3. The van der Waals surface area contributed by atoms with E-state index in [1.807, 2.05) is 12.1 Å². The minimum atomic E-state index is -0.436. The topological polar surface area (TPSA) is 42.7 Å². The van der Waals surface area contributed by atoms with E-state index in [-0.39, 0.29) is 10.8 Å². The Hall–Kier alpha value is -4.31. The summed E-state index contributed by atoms with van der Waals surface area (Å²) in [5.74, 6) is 0.505. The fourth-order valence-electron chi connectivity index (χ4n) is 5.82. The summed E-state index contributed by atoms with van der Waals surface area (Å²) >= 11 is 0. The van der Waals surface area contributed by atoms with E-state index in [1.54, 1.807) is 7.11 Å². The van der Waals surface area contributed by atoms with Crippen LogP contribution in [-0.4, -0.2) is 7.11 Å². The third-order valence-electron chi connectivity index (χ3n) is 7.99. The van der Waals surface area contributed by atoms with Crippen LogP contribution >= 0.6 is 0 Å². The van der Waals surface area contributed by atoms with Crippen molar-refractivity contribution in [1.82, 2.24) is 0 Å². The van der Waals surface area contributed by atoms with Gasteiger partial charge in [0.05, 0.1) is 18.6 Å². The predicted molar refractivity (Wildman–Crippen MR) is 160 cm³/mol. The summed E-state index contributed by atoms with van der Waals surface area (Å²) in [6.07, 6.45) is 0. The fourth-order valence-corrected chi connectivity index (χ4v) is 5.82. The molecule has 0 aliphatic heterocycles. The fraction of sp³-hybridized carbons (Fsp3) is 0.229. The average Bonchev–Trinajstić information content (AvgIpc) is 3.14. The minimum Gasteiger partial charge on any atom is -0.496 e. The molecule has 0 saturated carbocycles. The smallest absolute Gasteiger partial charge is 0.339 e. The molecule has 4 heteroatoms. The van der Waals surface area contributed by atoms with Crippen molar-refractivity contribution in [3.63, 3.8) is 0 Å². The molecule has 196 valence electrons. The number of anilines is 3. The lowest BCUT2D eigenvalue weighted by Crippen LogP contribution is -2.17. The standard InChI is InChI=1S/C35H33NO3/c1-34(2,3)22-11-13-23(14-12-22)36(25-16-18-28-31(38-6)21-33(37)39-32(28)20-25)24-15-17-27-26-9-7-8-10-29(26)35(4,5)30(27)19-24/h7-21H,1-6H3. The zero-order valence-electron chi connectivity index (χ0n) is 23.3. The molecule has 5 aromatic rings. The molecule has 1 aliphatic rings. The Bertz CT molecular complexity index is 1770. The van der Waals surface area contributed by atoms with Crippen LogP contribution in [0.15, 0.2) is 100 Å². The highest BCUT2D eigenvalue weighted by Gasteiger charge is 2.35. The summed E-state index contributed by atoms with van der Waals surface area (Å²) < 4.78 is 11.1. The van der Waals surface area contributed by atoms with Crippen LogP contribution in [0.1, 0.15) is 51.3 Å². The number of fused-ring (bicyclic) bond motifs is 4. The van der Waals surface area contributed by atoms with Gasteiger partial charge in [-0.1, -0.05) is 77.1 Å². The van der Waals surface area contributed by atoms with Crippen LogP contribution in [0.4, 0.5) is 17.1 Å². The molecule has 4 nitrogen and oxygen atoms in total. The van der Waals surface area contributed by atoms with E-state index >= 15 is 0 Å². The van der Waals surface area contributed by atoms with Gasteiger partial charge in [0.1, 0.15) is 11.3 Å². The molecule has 6 rings (SSSR count). The molecule has 0 N–H and O–H groups in total. The van der Waals surface area contributed by atoms with Crippen molar-refractivity contribution >= 4 is 28.0 Å². The van der Waals surface area contributed by atoms with Crippen molar-refractivity contribution in [1.29, 1.82) is 0 Å². The van der Waals surface area contributed by atoms with Gasteiger partial charge in [-0.3, -0.25) is 0 Å². The Morgan fingerprint density at radius 3 is 2.10 bits per heavy atom. The van der Waals surface area contributed by atoms with Crippen LogP contribution in [0, 0.1) is 0 Å². The van der Waals surface area contributed by atoms with Gasteiger partial charge in [-0.25, -0.2) is 4.79 Å². The maximum atomic E-state index is 12.3. The number of nitrogens with zero attached hydrogens (tertiary/aromatic N) is 1. The first kappa shape index (κ1) is 25.0. The number of benzene rings is 4. The maximum absolute atomic E-state index is 12.3. The second-order valence-corrected chi connectivity index (χ2v) is 11.8. The SMILES string of the molecule is COc1cc(=O)oc2cc(N(c3ccc(C(C)(C)C)cc3)c3ccc4c(c3)C(C)(C)c3ccccc3-4)ccc12. The van der Waals surface area contributed by atoms with E-state index < -0.39 is 5.63 Å². The van der Waals surface area contributed by atoms with Gasteiger partial charge in [-0.15, -0.1) is 0 Å². The lowest BCUT2D eigenvalue weighted by atomic mass is 9.82. The van der Waals surface area contributed by atoms with Crippen LogP contribution in [0.2, 0.25) is 0 Å². The maximum Gasteiger partial charge on any atom is 0.339 e. The summed E-state index contributed by atoms with van der Waals surface area (Å²) in [7, 11) is 1.56. The molecule has 0 bridgehead atoms. The van der Waals surface area contributed by atoms with Crippen LogP contribution < -0.4 is 15.3 Å². The molecule has 0 atom stereocenters. The van der Waals surface area contributed by atoms with Gasteiger partial charge in [0.2, 0.25) is 0 Å². The Morgan fingerprint density at radius 2 is 1.38 bits per heavy atom. The molecule has 0 radical (unpaired) electrons. The predicted octanol–water partition coefficient (Wildman–Crippen LogP) is 8.88. The highest BCUT2D eigenvalue weighted by Crippen LogP contribution is 2.50. The van der Waals surface area contributed by atoms with E-state index in [4.69, 9.17) is 9.15 Å². The molecular weight excluding hydrogens is 482 g/mol. The summed E-state index contributed by atoms with van der Waals surface area (Å²) in [5.41, 5.74) is 9.44. The van der Waals surface area contributed by atoms with E-state index in [9.17, 15) is 4.79 Å². The van der Waals surface area contributed by atoms with Gasteiger partial charge in [0.25, 0.3) is 0 Å². The third kappa shape index (κ3) is 4.11. The molecule has 4 aromatic carbocycles. The van der Waals surface area contributed by atoms with Gasteiger partial charge >= 0.3 is 5.63 Å². The number of hydrogen-bond acceptors (Lipinski definition) is 4. The molecule has 1 heterocycles. The normalized spacial score (nSPS) is 13.7. The number of ether oxygens (including phenoxy) is 1. The molecule has 0 spiro atoms. The third-order valence-corrected chi connectivity index (χ3v) is 7.99. The summed E-state index contributed by atoms with van der Waals surface area (Å²) in [6, 6.07) is 31.4. The van der Waals surface area contributed by atoms with Crippen LogP contribution in [0.3, 0.4) is 0 Å². The summed E-state index contributed by atoms with van der Waals surface area (Å²) in [4.78, 5) is 14.5. The number of hydrogen-bond donors (Lipinski definition) is 0. The second kappa shape index (κ2) is 8.88. The minimum absolute atomic E-state index is 0.0512. The molecule has 0 fully saturated rings. The quantitative estimate of drug-likeness (QED) is 0.224. The lowest BCUT2D eigenvalue weighted by molar-refractivity contribution is 0.413. The largest absolute Gasteiger partial charge is 0.496 e. The zero-order valence-corrected chi connectivity index (χ0v) is 23.3. The highest BCUT2D eigenvalue weighted by molar-refractivity contribution is 5.90. The Kier molecular flexibility index (Phi) is 5.69. The van der Waals surface area contributed by atoms with Crippen LogP contribution in [-0.2, 0) is 10.8 Å². The van der Waals surface area contributed by atoms with Crippen LogP contribution in [0.5, 0.6) is 5.75 Å². The first-order chi connectivity index (χ1) is 18.6. The van der Waals surface area contributed by atoms with E-state index in [0.29, 0.717) is 11.3 Å². The Balaban J connectivity index is 1.55. The second-order valence-electron chi connectivity index (χ2n) is 11.8. The van der Waals surface area contributed by atoms with E-state index in [1.165, 1.54) is 33.9 Å². The molecule has 1 aliphatic carbocycles. The van der Waals surface area contributed by atoms with Crippen molar-refractivity contribution in [2.75, 3.05) is 12.0 Å². The van der Waals surface area contributed by atoms with Gasteiger partial charge in [0, 0.05) is 28.5 Å². The average molecular weight is 516 g/mol. The monoisotopic (exact) mass is 515 g/mol. The first-order valence-electron chi connectivity index (χ1n) is 13.3. The van der Waals surface area contributed by atoms with Gasteiger partial charge < -0.3 is 14.1 Å². The zero-order chi connectivity index (χ0) is 27.5. The Morgan fingerprint density at radius 1 is 0.744 bits per heavy atom. The molecular formula is C35H33NO3. The molecule has 0 unspecified atom stereocenters. The van der Waals surface area contributed by atoms with Gasteiger partial charge in [-0.2, -0.15) is 0 Å². The molecule has 0 amide bonds. The van der Waals surface area contributed by atoms with Crippen molar-refractivity contribution < 1.29 is 9.15 Å². The van der Waals surface area contributed by atoms with Crippen molar-refractivity contribution in [3.8, 4) is 16.9 Å². The highest BCUT2D eigenvalue weighted by atomic mass is 16.5. The molecule has 39 heavy (non-hydrogen) atoms. The van der Waals surface area contributed by atoms with E-state index in [0.717, 1.165) is 22.4 Å². The van der Waals surface area contributed by atoms with Crippen molar-refractivity contribution in [2.45, 2.75) is 45.4 Å². The molecule has 1 aromatic heterocycles. The van der Waals surface area contributed by atoms with Crippen LogP contribution in [0.25, 0.3) is 22.1 Å². The van der Waals surface area contributed by atoms with E-state index in [2.05, 4.69) is 112 Å². The number of rotatable bonds is 4. The van der Waals surface area contributed by atoms with Crippen molar-refractivity contribution in [2.24, 2.45) is 0 Å². The van der Waals surface area contributed by atoms with Gasteiger partial charge in [-0.05, 0) is 69.6 Å². The lowest BCUT2D eigenvalue weighted by Gasteiger charge is -2.29. The number of methoxy groups -OCH3 is 1. The van der Waals surface area contributed by atoms with Crippen molar-refractivity contribution in [3.05, 3.63) is 118 Å². The summed E-state index contributed by atoms with van der Waals surface area (Å²) in [6.45, 7) is 11.2. The molecule has 0 saturated heterocycles. The Labute approximate surface area is 229 Å². The van der Waals surface area contributed by atoms with Gasteiger partial charge in [0.15, 0.2) is 0 Å². The summed E-state index contributed by atoms with van der Waals surface area (Å²) in [5, 5.41) is 0.759.